The van der Waals surface area contributed by atoms with Gasteiger partial charge < -0.3 is 19.3 Å². The quantitative estimate of drug-likeness (QED) is 0.648. The largest absolute Gasteiger partial charge is 0.454 e. The summed E-state index contributed by atoms with van der Waals surface area (Å²) in [5.41, 5.74) is 0.990. The average molecular weight is 426 g/mol. The minimum absolute atomic E-state index is 0.0175. The van der Waals surface area contributed by atoms with E-state index in [0.29, 0.717) is 24.8 Å². The predicted molar refractivity (Wildman–Crippen MR) is 110 cm³/mol. The fourth-order valence-electron chi connectivity index (χ4n) is 3.76. The van der Waals surface area contributed by atoms with E-state index in [1.165, 1.54) is 0 Å². The number of ether oxygens (including phenoxy) is 2. The molecule has 0 spiro atoms. The van der Waals surface area contributed by atoms with Crippen molar-refractivity contribution in [1.29, 1.82) is 0 Å². The summed E-state index contributed by atoms with van der Waals surface area (Å²) in [6, 6.07) is 9.68. The lowest BCUT2D eigenvalue weighted by atomic mass is 9.97. The molecule has 30 heavy (non-hydrogen) atoms. The lowest BCUT2D eigenvalue weighted by Crippen LogP contribution is -2.41. The van der Waals surface area contributed by atoms with Gasteiger partial charge in [0.25, 0.3) is 0 Å². The van der Waals surface area contributed by atoms with Crippen LogP contribution in [0.25, 0.3) is 10.7 Å². The molecule has 1 amide bonds. The van der Waals surface area contributed by atoms with Crippen LogP contribution in [0, 0.1) is 0 Å². The first-order valence-corrected chi connectivity index (χ1v) is 10.9. The van der Waals surface area contributed by atoms with Crippen LogP contribution in [-0.4, -0.2) is 47.4 Å². The van der Waals surface area contributed by atoms with Crippen molar-refractivity contribution >= 4 is 17.2 Å². The van der Waals surface area contributed by atoms with Crippen LogP contribution in [0.15, 0.2) is 40.2 Å². The number of piperidine rings is 1. The van der Waals surface area contributed by atoms with Crippen molar-refractivity contribution in [1.82, 2.24) is 20.4 Å². The second-order valence-electron chi connectivity index (χ2n) is 7.45. The summed E-state index contributed by atoms with van der Waals surface area (Å²) in [7, 11) is 0. The molecule has 9 heteroatoms. The first-order valence-electron chi connectivity index (χ1n) is 9.99. The van der Waals surface area contributed by atoms with Gasteiger partial charge in [-0.25, -0.2) is 0 Å². The predicted octanol–water partition coefficient (Wildman–Crippen LogP) is 3.02. The molecule has 0 radical (unpaired) electrons. The summed E-state index contributed by atoms with van der Waals surface area (Å²) in [5.74, 6) is 3.10. The Morgan fingerprint density at radius 3 is 2.90 bits per heavy atom. The molecule has 0 saturated carbocycles. The Hall–Kier alpha value is -2.91. The van der Waals surface area contributed by atoms with Crippen molar-refractivity contribution in [2.75, 3.05) is 26.4 Å². The van der Waals surface area contributed by atoms with Gasteiger partial charge in [0, 0.05) is 12.5 Å². The molecular weight excluding hydrogens is 404 g/mol. The first kappa shape index (κ1) is 19.1. The smallest absolute Gasteiger partial charge is 0.234 e. The van der Waals surface area contributed by atoms with E-state index in [9.17, 15) is 4.79 Å². The van der Waals surface area contributed by atoms with E-state index in [2.05, 4.69) is 20.4 Å². The minimum Gasteiger partial charge on any atom is -0.454 e. The van der Waals surface area contributed by atoms with E-state index in [4.69, 9.17) is 14.0 Å². The number of rotatable bonds is 6. The maximum Gasteiger partial charge on any atom is 0.234 e. The maximum absolute atomic E-state index is 12.4. The lowest BCUT2D eigenvalue weighted by molar-refractivity contribution is -0.122. The van der Waals surface area contributed by atoms with Gasteiger partial charge in [-0.1, -0.05) is 17.3 Å². The number of benzene rings is 1. The third kappa shape index (κ3) is 4.17. The Balaban J connectivity index is 1.08. The van der Waals surface area contributed by atoms with E-state index in [0.717, 1.165) is 47.9 Å². The fourth-order valence-corrected chi connectivity index (χ4v) is 4.40. The second-order valence-corrected chi connectivity index (χ2v) is 8.40. The molecular formula is C21H22N4O4S. The van der Waals surface area contributed by atoms with Gasteiger partial charge in [-0.2, -0.15) is 4.98 Å². The molecule has 2 aliphatic rings. The number of aromatic nitrogens is 2. The number of hydrogen-bond acceptors (Lipinski definition) is 8. The molecule has 8 nitrogen and oxygen atoms in total. The highest BCUT2D eigenvalue weighted by atomic mass is 32.1. The first-order chi connectivity index (χ1) is 14.7. The van der Waals surface area contributed by atoms with Crippen molar-refractivity contribution in [3.63, 3.8) is 0 Å². The average Bonchev–Trinajstić information content (AvgIpc) is 3.53. The zero-order valence-electron chi connectivity index (χ0n) is 16.4. The van der Waals surface area contributed by atoms with Gasteiger partial charge in [-0.15, -0.1) is 11.3 Å². The van der Waals surface area contributed by atoms with Crippen molar-refractivity contribution in [2.45, 2.75) is 25.3 Å². The summed E-state index contributed by atoms with van der Waals surface area (Å²) in [5, 5.41) is 9.09. The number of nitrogens with zero attached hydrogens (tertiary/aromatic N) is 3. The summed E-state index contributed by atoms with van der Waals surface area (Å²) < 4.78 is 16.2. The summed E-state index contributed by atoms with van der Waals surface area (Å²) in [4.78, 5) is 20.1. The van der Waals surface area contributed by atoms with Gasteiger partial charge in [0.2, 0.25) is 24.4 Å². The SMILES string of the molecule is O=C(CN1CCC(c2nc(-c3cccs3)no2)CC1)NCc1ccc2c(c1)OCO2. The highest BCUT2D eigenvalue weighted by Crippen LogP contribution is 2.32. The number of fused-ring (bicyclic) bond motifs is 1. The number of carbonyl (C=O) groups excluding carboxylic acids is 1. The molecule has 1 aromatic carbocycles. The normalized spacial score (nSPS) is 16.7. The molecule has 0 unspecified atom stereocenters. The van der Waals surface area contributed by atoms with Crippen LogP contribution in [0.2, 0.25) is 0 Å². The van der Waals surface area contributed by atoms with Gasteiger partial charge in [0.15, 0.2) is 11.5 Å². The van der Waals surface area contributed by atoms with Crippen LogP contribution in [0.1, 0.15) is 30.2 Å². The second kappa shape index (κ2) is 8.45. The monoisotopic (exact) mass is 426 g/mol. The standard InChI is InChI=1S/C21H22N4O4S/c26-19(22-11-14-3-4-16-17(10-14)28-13-27-16)12-25-7-5-15(6-8-25)21-23-20(24-29-21)18-2-1-9-30-18/h1-4,9-10,15H,5-8,11-13H2,(H,22,26). The van der Waals surface area contributed by atoms with Crippen molar-refractivity contribution in [2.24, 2.45) is 0 Å². The molecule has 2 aromatic heterocycles. The number of likely N-dealkylation sites (tertiary alicyclic amines) is 1. The van der Waals surface area contributed by atoms with Gasteiger partial charge in [-0.05, 0) is 55.1 Å². The van der Waals surface area contributed by atoms with Crippen LogP contribution >= 0.6 is 11.3 Å². The summed E-state index contributed by atoms with van der Waals surface area (Å²) in [6.45, 7) is 2.78. The molecule has 1 N–H and O–H groups in total. The van der Waals surface area contributed by atoms with E-state index < -0.39 is 0 Å². The molecule has 5 rings (SSSR count). The van der Waals surface area contributed by atoms with E-state index >= 15 is 0 Å². The zero-order valence-corrected chi connectivity index (χ0v) is 17.2. The van der Waals surface area contributed by atoms with Crippen LogP contribution in [0.4, 0.5) is 0 Å². The van der Waals surface area contributed by atoms with E-state index in [-0.39, 0.29) is 18.6 Å². The molecule has 0 aliphatic carbocycles. The molecule has 0 bridgehead atoms. The summed E-state index contributed by atoms with van der Waals surface area (Å²) in [6.07, 6.45) is 1.81. The van der Waals surface area contributed by atoms with Crippen molar-refractivity contribution < 1.29 is 18.8 Å². The third-order valence-electron chi connectivity index (χ3n) is 5.41. The van der Waals surface area contributed by atoms with Crippen molar-refractivity contribution in [3.8, 4) is 22.2 Å². The number of nitrogens with one attached hydrogen (secondary N) is 1. The lowest BCUT2D eigenvalue weighted by Gasteiger charge is -2.29. The van der Waals surface area contributed by atoms with Gasteiger partial charge >= 0.3 is 0 Å². The van der Waals surface area contributed by atoms with Crippen molar-refractivity contribution in [3.05, 3.63) is 47.2 Å². The van der Waals surface area contributed by atoms with Crippen LogP contribution in [-0.2, 0) is 11.3 Å². The van der Waals surface area contributed by atoms with Gasteiger partial charge in [0.05, 0.1) is 11.4 Å². The zero-order chi connectivity index (χ0) is 20.3. The van der Waals surface area contributed by atoms with E-state index in [1.807, 2.05) is 35.7 Å². The number of hydrogen-bond donors (Lipinski definition) is 1. The topological polar surface area (TPSA) is 89.7 Å². The Labute approximate surface area is 177 Å². The highest BCUT2D eigenvalue weighted by molar-refractivity contribution is 7.13. The number of carbonyl (C=O) groups is 1. The van der Waals surface area contributed by atoms with E-state index in [1.54, 1.807) is 11.3 Å². The Kier molecular flexibility index (Phi) is 5.37. The maximum atomic E-state index is 12.4. The Morgan fingerprint density at radius 1 is 1.20 bits per heavy atom. The van der Waals surface area contributed by atoms with Gasteiger partial charge in [-0.3, -0.25) is 9.69 Å². The van der Waals surface area contributed by atoms with Crippen LogP contribution in [0.5, 0.6) is 11.5 Å². The minimum atomic E-state index is 0.0175. The molecule has 4 heterocycles. The molecule has 2 aliphatic heterocycles. The number of thiophene rings is 1. The fraction of sp³-hybridized carbons (Fsp3) is 0.381. The van der Waals surface area contributed by atoms with Gasteiger partial charge in [0.1, 0.15) is 0 Å². The Bertz CT molecular complexity index is 1010. The molecule has 1 fully saturated rings. The number of amides is 1. The third-order valence-corrected chi connectivity index (χ3v) is 6.28. The Morgan fingerprint density at radius 2 is 2.07 bits per heavy atom. The summed E-state index contributed by atoms with van der Waals surface area (Å²) >= 11 is 1.60. The molecule has 156 valence electrons. The molecule has 1 saturated heterocycles. The highest BCUT2D eigenvalue weighted by Gasteiger charge is 2.26. The van der Waals surface area contributed by atoms with Crippen LogP contribution in [0.3, 0.4) is 0 Å². The van der Waals surface area contributed by atoms with Crippen LogP contribution < -0.4 is 14.8 Å². The molecule has 3 aromatic rings. The molecule has 0 atom stereocenters.